The van der Waals surface area contributed by atoms with Crippen LogP contribution in [0, 0.1) is 34.5 Å². The van der Waals surface area contributed by atoms with E-state index in [9.17, 15) is 15.0 Å². The van der Waals surface area contributed by atoms with Gasteiger partial charge in [0.2, 0.25) is 5.91 Å². The monoisotopic (exact) mass is 411 g/mol. The molecule has 4 N–H and O–H groups in total. The van der Waals surface area contributed by atoms with E-state index < -0.39 is 23.5 Å². The molecule has 2 rings (SSSR count). The van der Waals surface area contributed by atoms with E-state index in [0.29, 0.717) is 18.3 Å². The highest BCUT2D eigenvalue weighted by Gasteiger charge is 2.55. The van der Waals surface area contributed by atoms with Crippen LogP contribution in [0.3, 0.4) is 0 Å². The van der Waals surface area contributed by atoms with Crippen LogP contribution in [0.15, 0.2) is 0 Å². The van der Waals surface area contributed by atoms with E-state index in [0.717, 1.165) is 32.1 Å². The molecule has 29 heavy (non-hydrogen) atoms. The van der Waals surface area contributed by atoms with Crippen LogP contribution >= 0.6 is 0 Å². The van der Waals surface area contributed by atoms with Crippen LogP contribution in [0.2, 0.25) is 0 Å². The van der Waals surface area contributed by atoms with Gasteiger partial charge in [-0.1, -0.05) is 54.4 Å². The Balaban J connectivity index is 2.10. The number of aliphatic hydroxyl groups is 2. The number of carbonyl (C=O) groups is 1. The molecular weight excluding hydrogens is 366 g/mol. The molecular formula is C24H45NO4. The van der Waals surface area contributed by atoms with Crippen LogP contribution in [-0.2, 0) is 9.53 Å². The lowest BCUT2D eigenvalue weighted by Crippen LogP contribution is -2.60. The molecule has 5 nitrogen and oxygen atoms in total. The van der Waals surface area contributed by atoms with Crippen LogP contribution in [0.25, 0.3) is 0 Å². The molecule has 0 bridgehead atoms. The molecule has 2 fully saturated rings. The number of hydrogen-bond acceptors (Lipinski definition) is 4. The Morgan fingerprint density at radius 3 is 2.34 bits per heavy atom. The van der Waals surface area contributed by atoms with Crippen molar-refractivity contribution in [3.05, 3.63) is 0 Å². The number of ether oxygens (including phenoxy) is 1. The first-order valence-electron chi connectivity index (χ1n) is 11.7. The average molecular weight is 412 g/mol. The summed E-state index contributed by atoms with van der Waals surface area (Å²) in [7, 11) is 0. The SMILES string of the molecule is CC1CCC(C(C)C)C(C(N)=O)(C(O)C(O)COC2CCCC(C)(C(C)C)C2)C1. The van der Waals surface area contributed by atoms with Crippen molar-refractivity contribution in [3.8, 4) is 0 Å². The predicted octanol–water partition coefficient (Wildman–Crippen LogP) is 3.89. The second kappa shape index (κ2) is 9.65. The van der Waals surface area contributed by atoms with Gasteiger partial charge in [0.25, 0.3) is 0 Å². The summed E-state index contributed by atoms with van der Waals surface area (Å²) in [6.45, 7) is 13.1. The Morgan fingerprint density at radius 1 is 1.14 bits per heavy atom. The lowest BCUT2D eigenvalue weighted by atomic mass is 9.56. The molecule has 0 aromatic carbocycles. The standard InChI is InChI=1S/C24H45NO4/c1-15(2)19-10-9-17(5)12-24(19,22(25)28)21(27)20(26)14-29-18-8-7-11-23(6,13-18)16(3)4/h15-21,26-27H,7-14H2,1-6H3,(H2,25,28). The Bertz CT molecular complexity index is 551. The first-order valence-corrected chi connectivity index (χ1v) is 11.7. The zero-order chi connectivity index (χ0) is 22.0. The van der Waals surface area contributed by atoms with E-state index in [1.54, 1.807) is 0 Å². The highest BCUT2D eigenvalue weighted by molar-refractivity contribution is 5.82. The smallest absolute Gasteiger partial charge is 0.226 e. The summed E-state index contributed by atoms with van der Waals surface area (Å²) in [5.41, 5.74) is 5.05. The van der Waals surface area contributed by atoms with E-state index in [2.05, 4.69) is 41.5 Å². The van der Waals surface area contributed by atoms with Crippen LogP contribution in [0.1, 0.15) is 86.5 Å². The fourth-order valence-corrected chi connectivity index (χ4v) is 6.04. The van der Waals surface area contributed by atoms with E-state index in [4.69, 9.17) is 10.5 Å². The molecule has 2 aliphatic carbocycles. The molecule has 2 aliphatic rings. The number of carbonyl (C=O) groups excluding carboxylic acids is 1. The summed E-state index contributed by atoms with van der Waals surface area (Å²) in [6, 6.07) is 0. The molecule has 7 atom stereocenters. The molecule has 170 valence electrons. The molecule has 2 saturated carbocycles. The Hall–Kier alpha value is -0.650. The van der Waals surface area contributed by atoms with Gasteiger partial charge in [0.05, 0.1) is 24.2 Å². The average Bonchev–Trinajstić information content (AvgIpc) is 2.64. The van der Waals surface area contributed by atoms with E-state index >= 15 is 0 Å². The first kappa shape index (κ1) is 24.6. The molecule has 0 spiro atoms. The number of amides is 1. The Labute approximate surface area is 177 Å². The van der Waals surface area contributed by atoms with Crippen LogP contribution in [0.5, 0.6) is 0 Å². The van der Waals surface area contributed by atoms with Gasteiger partial charge >= 0.3 is 0 Å². The zero-order valence-electron chi connectivity index (χ0n) is 19.5. The minimum Gasteiger partial charge on any atom is -0.389 e. The number of rotatable bonds is 8. The lowest BCUT2D eigenvalue weighted by Gasteiger charge is -2.50. The van der Waals surface area contributed by atoms with E-state index in [1.807, 2.05) is 0 Å². The molecule has 5 heteroatoms. The van der Waals surface area contributed by atoms with Gasteiger partial charge in [-0.05, 0) is 61.2 Å². The third-order valence-corrected chi connectivity index (χ3v) is 8.34. The first-order chi connectivity index (χ1) is 13.4. The fourth-order valence-electron chi connectivity index (χ4n) is 6.04. The van der Waals surface area contributed by atoms with Crippen LogP contribution in [0.4, 0.5) is 0 Å². The van der Waals surface area contributed by atoms with Crippen LogP contribution in [-0.4, -0.2) is 41.0 Å². The highest BCUT2D eigenvalue weighted by atomic mass is 16.5. The third-order valence-electron chi connectivity index (χ3n) is 8.34. The van der Waals surface area contributed by atoms with Gasteiger partial charge in [0, 0.05) is 0 Å². The Morgan fingerprint density at radius 2 is 1.79 bits per heavy atom. The summed E-state index contributed by atoms with van der Waals surface area (Å²) in [5, 5.41) is 22.0. The lowest BCUT2D eigenvalue weighted by molar-refractivity contribution is -0.170. The van der Waals surface area contributed by atoms with E-state index in [1.165, 1.54) is 6.42 Å². The molecule has 7 unspecified atom stereocenters. The minimum absolute atomic E-state index is 0.0280. The molecule has 0 aromatic heterocycles. The normalized spacial score (nSPS) is 38.2. The molecule has 1 amide bonds. The summed E-state index contributed by atoms with van der Waals surface area (Å²) in [6.07, 6.45) is 4.46. The van der Waals surface area contributed by atoms with Crippen molar-refractivity contribution in [2.24, 2.45) is 40.2 Å². The fraction of sp³-hybridized carbons (Fsp3) is 0.958. The van der Waals surface area contributed by atoms with Gasteiger partial charge in [-0.3, -0.25) is 4.79 Å². The van der Waals surface area contributed by atoms with Crippen LogP contribution < -0.4 is 5.73 Å². The summed E-state index contributed by atoms with van der Waals surface area (Å²) >= 11 is 0. The van der Waals surface area contributed by atoms with Gasteiger partial charge in [0.1, 0.15) is 6.10 Å². The number of nitrogens with two attached hydrogens (primary N) is 1. The van der Waals surface area contributed by atoms with Crippen molar-refractivity contribution >= 4 is 5.91 Å². The second-order valence-electron chi connectivity index (χ2n) is 11.0. The van der Waals surface area contributed by atoms with Crippen molar-refractivity contribution < 1.29 is 19.7 Å². The molecule has 0 aromatic rings. The Kier molecular flexibility index (Phi) is 8.20. The predicted molar refractivity (Wildman–Crippen MR) is 116 cm³/mol. The number of aliphatic hydroxyl groups excluding tert-OH is 2. The molecule has 0 heterocycles. The summed E-state index contributed by atoms with van der Waals surface area (Å²) in [5.74, 6) is 0.574. The summed E-state index contributed by atoms with van der Waals surface area (Å²) in [4.78, 5) is 12.7. The zero-order valence-corrected chi connectivity index (χ0v) is 19.5. The number of primary amides is 1. The molecule has 0 aliphatic heterocycles. The van der Waals surface area contributed by atoms with Gasteiger partial charge in [0.15, 0.2) is 0 Å². The maximum absolute atomic E-state index is 12.7. The van der Waals surface area contributed by atoms with Gasteiger partial charge < -0.3 is 20.7 Å². The van der Waals surface area contributed by atoms with Crippen molar-refractivity contribution in [2.45, 2.75) is 105 Å². The van der Waals surface area contributed by atoms with Gasteiger partial charge in [-0.25, -0.2) is 0 Å². The van der Waals surface area contributed by atoms with Crippen molar-refractivity contribution in [2.75, 3.05) is 6.61 Å². The molecule has 0 radical (unpaired) electrons. The quantitative estimate of drug-likeness (QED) is 0.565. The van der Waals surface area contributed by atoms with Gasteiger partial charge in [-0.15, -0.1) is 0 Å². The van der Waals surface area contributed by atoms with Crippen molar-refractivity contribution in [1.82, 2.24) is 0 Å². The molecule has 0 saturated heterocycles. The van der Waals surface area contributed by atoms with Crippen molar-refractivity contribution in [1.29, 1.82) is 0 Å². The number of hydrogen-bond donors (Lipinski definition) is 3. The maximum atomic E-state index is 12.7. The maximum Gasteiger partial charge on any atom is 0.226 e. The van der Waals surface area contributed by atoms with Gasteiger partial charge in [-0.2, -0.15) is 0 Å². The minimum atomic E-state index is -1.20. The van der Waals surface area contributed by atoms with E-state index in [-0.39, 0.29) is 30.0 Å². The highest BCUT2D eigenvalue weighted by Crippen LogP contribution is 2.50. The third kappa shape index (κ3) is 5.16. The largest absolute Gasteiger partial charge is 0.389 e. The summed E-state index contributed by atoms with van der Waals surface area (Å²) < 4.78 is 6.09. The topological polar surface area (TPSA) is 92.8 Å². The second-order valence-corrected chi connectivity index (χ2v) is 11.0. The van der Waals surface area contributed by atoms with Crippen molar-refractivity contribution in [3.63, 3.8) is 0 Å².